The zero-order valence-electron chi connectivity index (χ0n) is 23.2. The summed E-state index contributed by atoms with van der Waals surface area (Å²) in [5.74, 6) is 0.0307. The molecule has 4 aromatic carbocycles. The first kappa shape index (κ1) is 28.7. The van der Waals surface area contributed by atoms with Crippen LogP contribution < -0.4 is 19.5 Å². The molecular formula is C33H29ClN2O6. The zero-order valence-corrected chi connectivity index (χ0v) is 23.9. The summed E-state index contributed by atoms with van der Waals surface area (Å²) in [7, 11) is 1.52. The molecule has 0 aliphatic carbocycles. The lowest BCUT2D eigenvalue weighted by Gasteiger charge is -2.27. The number of hydrogen-bond donors (Lipinski definition) is 1. The number of urea groups is 1. The van der Waals surface area contributed by atoms with Crippen LogP contribution in [0, 0.1) is 0 Å². The standard InChI is InChI=1S/C33H29ClN2O6/c1-3-16-41-29-14-10-22(17-30(29)40-2)19-36-32(38)27(31(37)35-33(36)39)18-26-25-7-5-4-6-23(25)11-15-28(26)42-20-21-8-12-24(34)13-9-21/h4-15,17-18H,3,16,19-20H2,1-2H3,(H,35,37,39)/b27-18+. The number of carbonyl (C=O) groups is 3. The molecule has 9 heteroatoms. The molecule has 0 unspecified atom stereocenters. The number of benzene rings is 4. The second-order valence-corrected chi connectivity index (χ2v) is 10.1. The highest BCUT2D eigenvalue weighted by molar-refractivity contribution is 6.31. The second kappa shape index (κ2) is 12.8. The number of nitrogens with zero attached hydrogens (tertiary/aromatic N) is 1. The molecule has 0 saturated carbocycles. The van der Waals surface area contributed by atoms with E-state index in [4.69, 9.17) is 25.8 Å². The van der Waals surface area contributed by atoms with Crippen molar-refractivity contribution in [3.8, 4) is 17.2 Å². The number of fused-ring (bicyclic) bond motifs is 1. The number of nitrogens with one attached hydrogen (secondary N) is 1. The maximum Gasteiger partial charge on any atom is 0.331 e. The maximum absolute atomic E-state index is 13.6. The highest BCUT2D eigenvalue weighted by Crippen LogP contribution is 2.33. The first-order valence-electron chi connectivity index (χ1n) is 13.5. The van der Waals surface area contributed by atoms with Crippen molar-refractivity contribution in [3.63, 3.8) is 0 Å². The molecule has 5 rings (SSSR count). The van der Waals surface area contributed by atoms with Crippen molar-refractivity contribution in [1.29, 1.82) is 0 Å². The van der Waals surface area contributed by atoms with Crippen LogP contribution in [0.15, 0.2) is 84.4 Å². The van der Waals surface area contributed by atoms with Gasteiger partial charge in [-0.15, -0.1) is 0 Å². The van der Waals surface area contributed by atoms with Gasteiger partial charge in [0.15, 0.2) is 11.5 Å². The zero-order chi connectivity index (χ0) is 29.6. The topological polar surface area (TPSA) is 94.2 Å². The first-order chi connectivity index (χ1) is 20.4. The van der Waals surface area contributed by atoms with Gasteiger partial charge < -0.3 is 14.2 Å². The molecule has 1 saturated heterocycles. The monoisotopic (exact) mass is 584 g/mol. The molecule has 8 nitrogen and oxygen atoms in total. The Morgan fingerprint density at radius 1 is 0.857 bits per heavy atom. The number of imide groups is 2. The Balaban J connectivity index is 1.47. The number of halogens is 1. The van der Waals surface area contributed by atoms with Gasteiger partial charge in [-0.05, 0) is 64.7 Å². The van der Waals surface area contributed by atoms with Gasteiger partial charge in [-0.25, -0.2) is 4.79 Å². The van der Waals surface area contributed by atoms with Gasteiger partial charge in [-0.1, -0.05) is 67.1 Å². The van der Waals surface area contributed by atoms with Gasteiger partial charge in [-0.2, -0.15) is 0 Å². The lowest BCUT2D eigenvalue weighted by Crippen LogP contribution is -2.53. The van der Waals surface area contributed by atoms with Crippen molar-refractivity contribution in [2.75, 3.05) is 13.7 Å². The summed E-state index contributed by atoms with van der Waals surface area (Å²) >= 11 is 6.01. The van der Waals surface area contributed by atoms with Gasteiger partial charge in [0.25, 0.3) is 11.8 Å². The van der Waals surface area contributed by atoms with Crippen LogP contribution >= 0.6 is 11.6 Å². The smallest absolute Gasteiger partial charge is 0.331 e. The summed E-state index contributed by atoms with van der Waals surface area (Å²) in [6, 6.07) is 23.0. The third-order valence-electron chi connectivity index (χ3n) is 6.74. The van der Waals surface area contributed by atoms with Crippen LogP contribution in [0.3, 0.4) is 0 Å². The van der Waals surface area contributed by atoms with Crippen LogP contribution in [0.25, 0.3) is 16.8 Å². The van der Waals surface area contributed by atoms with E-state index in [1.54, 1.807) is 36.4 Å². The Bertz CT molecular complexity index is 1680. The van der Waals surface area contributed by atoms with Gasteiger partial charge in [0.1, 0.15) is 17.9 Å². The van der Waals surface area contributed by atoms with E-state index in [2.05, 4.69) is 5.32 Å². The van der Waals surface area contributed by atoms with Crippen molar-refractivity contribution < 1.29 is 28.6 Å². The summed E-state index contributed by atoms with van der Waals surface area (Å²) in [4.78, 5) is 40.4. The molecule has 1 aliphatic rings. The summed E-state index contributed by atoms with van der Waals surface area (Å²) in [6.07, 6.45) is 2.32. The predicted molar refractivity (Wildman–Crippen MR) is 161 cm³/mol. The van der Waals surface area contributed by atoms with E-state index in [-0.39, 0.29) is 18.7 Å². The van der Waals surface area contributed by atoms with Gasteiger partial charge >= 0.3 is 6.03 Å². The molecule has 1 aliphatic heterocycles. The van der Waals surface area contributed by atoms with Crippen LogP contribution in [0.2, 0.25) is 5.02 Å². The molecule has 0 aromatic heterocycles. The van der Waals surface area contributed by atoms with Gasteiger partial charge in [0.2, 0.25) is 0 Å². The summed E-state index contributed by atoms with van der Waals surface area (Å²) < 4.78 is 17.3. The Labute approximate surface area is 248 Å². The normalized spacial score (nSPS) is 14.3. The molecule has 1 fully saturated rings. The highest BCUT2D eigenvalue weighted by atomic mass is 35.5. The van der Waals surface area contributed by atoms with Gasteiger partial charge in [-0.3, -0.25) is 19.8 Å². The van der Waals surface area contributed by atoms with E-state index < -0.39 is 17.8 Å². The largest absolute Gasteiger partial charge is 0.493 e. The number of methoxy groups -OCH3 is 1. The second-order valence-electron chi connectivity index (χ2n) is 9.66. The molecule has 0 bridgehead atoms. The van der Waals surface area contributed by atoms with Crippen LogP contribution in [0.1, 0.15) is 30.0 Å². The lowest BCUT2D eigenvalue weighted by atomic mass is 9.99. The molecule has 0 atom stereocenters. The molecule has 4 amide bonds. The number of ether oxygens (including phenoxy) is 3. The van der Waals surface area contributed by atoms with Crippen molar-refractivity contribution in [2.24, 2.45) is 0 Å². The quantitative estimate of drug-likeness (QED) is 0.168. The first-order valence-corrected chi connectivity index (χ1v) is 13.8. The van der Waals surface area contributed by atoms with Crippen molar-refractivity contribution in [3.05, 3.63) is 106 Å². The van der Waals surface area contributed by atoms with E-state index in [0.29, 0.717) is 40.0 Å². The number of rotatable bonds is 10. The highest BCUT2D eigenvalue weighted by Gasteiger charge is 2.36. The fraction of sp³-hybridized carbons (Fsp3) is 0.182. The van der Waals surface area contributed by atoms with Crippen LogP contribution in [-0.2, 0) is 22.7 Å². The third kappa shape index (κ3) is 6.24. The molecule has 42 heavy (non-hydrogen) atoms. The van der Waals surface area contributed by atoms with Crippen molar-refractivity contribution in [2.45, 2.75) is 26.5 Å². The van der Waals surface area contributed by atoms with E-state index in [0.717, 1.165) is 27.7 Å². The molecule has 0 spiro atoms. The van der Waals surface area contributed by atoms with E-state index >= 15 is 0 Å². The van der Waals surface area contributed by atoms with Crippen molar-refractivity contribution >= 4 is 46.3 Å². The lowest BCUT2D eigenvalue weighted by molar-refractivity contribution is -0.130. The predicted octanol–water partition coefficient (Wildman–Crippen LogP) is 6.53. The summed E-state index contributed by atoms with van der Waals surface area (Å²) in [5.41, 5.74) is 1.90. The minimum absolute atomic E-state index is 0.0742. The SMILES string of the molecule is CCCOc1ccc(CN2C(=O)NC(=O)/C(=C\c3c(OCc4ccc(Cl)cc4)ccc4ccccc34)C2=O)cc1OC. The van der Waals surface area contributed by atoms with Crippen molar-refractivity contribution in [1.82, 2.24) is 10.2 Å². The fourth-order valence-electron chi connectivity index (χ4n) is 4.60. The average Bonchev–Trinajstić information content (AvgIpc) is 3.00. The van der Waals surface area contributed by atoms with Gasteiger partial charge in [0, 0.05) is 10.6 Å². The van der Waals surface area contributed by atoms with E-state index in [1.165, 1.54) is 13.2 Å². The Morgan fingerprint density at radius 3 is 2.36 bits per heavy atom. The Kier molecular flexibility index (Phi) is 8.74. The molecule has 1 N–H and O–H groups in total. The fourth-order valence-corrected chi connectivity index (χ4v) is 4.72. The minimum atomic E-state index is -0.801. The van der Waals surface area contributed by atoms with Gasteiger partial charge in [0.05, 0.1) is 20.3 Å². The third-order valence-corrected chi connectivity index (χ3v) is 7.00. The maximum atomic E-state index is 13.6. The van der Waals surface area contributed by atoms with Crippen LogP contribution in [0.5, 0.6) is 17.2 Å². The average molecular weight is 585 g/mol. The van der Waals surface area contributed by atoms with E-state index in [1.807, 2.05) is 49.4 Å². The van der Waals surface area contributed by atoms with Crippen LogP contribution in [-0.4, -0.2) is 36.5 Å². The Hall–Kier alpha value is -4.82. The molecule has 0 radical (unpaired) electrons. The number of amides is 4. The number of carbonyl (C=O) groups excluding carboxylic acids is 3. The Morgan fingerprint density at radius 2 is 1.60 bits per heavy atom. The number of hydrogen-bond acceptors (Lipinski definition) is 6. The summed E-state index contributed by atoms with van der Waals surface area (Å²) in [5, 5.41) is 4.61. The van der Waals surface area contributed by atoms with Crippen LogP contribution in [0.4, 0.5) is 4.79 Å². The molecule has 4 aromatic rings. The number of barbiturate groups is 1. The van der Waals surface area contributed by atoms with E-state index in [9.17, 15) is 14.4 Å². The molecule has 214 valence electrons. The molecule has 1 heterocycles. The molecular weight excluding hydrogens is 556 g/mol. The minimum Gasteiger partial charge on any atom is -0.493 e. The summed E-state index contributed by atoms with van der Waals surface area (Å²) in [6.45, 7) is 2.70.